The highest BCUT2D eigenvalue weighted by atomic mass is 16.5. The molecule has 0 atom stereocenters. The van der Waals surface area contributed by atoms with E-state index >= 15 is 0 Å². The lowest BCUT2D eigenvalue weighted by molar-refractivity contribution is -0.121. The van der Waals surface area contributed by atoms with E-state index in [2.05, 4.69) is 24.4 Å². The first-order valence-electron chi connectivity index (χ1n) is 7.14. The molecule has 1 aliphatic heterocycles. The largest absolute Gasteiger partial charge is 0.381 e. The van der Waals surface area contributed by atoms with Gasteiger partial charge in [0.05, 0.1) is 0 Å². The van der Waals surface area contributed by atoms with E-state index in [1.165, 1.54) is 11.1 Å². The van der Waals surface area contributed by atoms with Gasteiger partial charge in [-0.3, -0.25) is 4.79 Å². The minimum absolute atomic E-state index is 0.162. The summed E-state index contributed by atoms with van der Waals surface area (Å²) < 4.78 is 5.31. The lowest BCUT2D eigenvalue weighted by Gasteiger charge is -2.22. The highest BCUT2D eigenvalue weighted by Gasteiger charge is 2.14. The predicted molar refractivity (Wildman–Crippen MR) is 76.1 cm³/mol. The first kappa shape index (κ1) is 14.1. The molecule has 1 fully saturated rings. The zero-order valence-electron chi connectivity index (χ0n) is 11.7. The standard InChI is InChI=1S/C16H23NO2/c1-13-4-2-3-5-15(13)6-7-16(18)17-12-14-8-10-19-11-9-14/h2-5,14H,6-12H2,1H3,(H,17,18). The van der Waals surface area contributed by atoms with Crippen molar-refractivity contribution in [3.63, 3.8) is 0 Å². The summed E-state index contributed by atoms with van der Waals surface area (Å²) in [5.41, 5.74) is 2.53. The number of nitrogens with one attached hydrogen (secondary N) is 1. The lowest BCUT2D eigenvalue weighted by Crippen LogP contribution is -2.32. The Balaban J connectivity index is 1.68. The van der Waals surface area contributed by atoms with Crippen molar-refractivity contribution in [3.05, 3.63) is 35.4 Å². The van der Waals surface area contributed by atoms with Gasteiger partial charge in [-0.1, -0.05) is 24.3 Å². The summed E-state index contributed by atoms with van der Waals surface area (Å²) in [5, 5.41) is 3.05. The minimum Gasteiger partial charge on any atom is -0.381 e. The summed E-state index contributed by atoms with van der Waals surface area (Å²) in [7, 11) is 0. The van der Waals surface area contributed by atoms with E-state index in [9.17, 15) is 4.79 Å². The van der Waals surface area contributed by atoms with E-state index in [4.69, 9.17) is 4.74 Å². The van der Waals surface area contributed by atoms with Gasteiger partial charge in [0.2, 0.25) is 5.91 Å². The molecular weight excluding hydrogens is 238 g/mol. The second-order valence-electron chi connectivity index (χ2n) is 5.29. The van der Waals surface area contributed by atoms with Crippen LogP contribution >= 0.6 is 0 Å². The molecule has 0 spiro atoms. The van der Waals surface area contributed by atoms with Gasteiger partial charge in [-0.2, -0.15) is 0 Å². The van der Waals surface area contributed by atoms with Crippen LogP contribution in [0.3, 0.4) is 0 Å². The third-order valence-electron chi connectivity index (χ3n) is 3.81. The molecule has 1 N–H and O–H groups in total. The van der Waals surface area contributed by atoms with Gasteiger partial charge in [-0.15, -0.1) is 0 Å². The summed E-state index contributed by atoms with van der Waals surface area (Å²) in [6, 6.07) is 8.25. The number of hydrogen-bond donors (Lipinski definition) is 1. The summed E-state index contributed by atoms with van der Waals surface area (Å²) >= 11 is 0. The molecule has 0 bridgehead atoms. The number of benzene rings is 1. The second kappa shape index (κ2) is 7.29. The van der Waals surface area contributed by atoms with Crippen LogP contribution in [0.15, 0.2) is 24.3 Å². The van der Waals surface area contributed by atoms with E-state index in [0.717, 1.165) is 39.0 Å². The number of rotatable bonds is 5. The molecule has 3 heteroatoms. The van der Waals surface area contributed by atoms with Gasteiger partial charge < -0.3 is 10.1 Å². The molecule has 104 valence electrons. The summed E-state index contributed by atoms with van der Waals surface area (Å²) in [6.07, 6.45) is 3.54. The Morgan fingerprint density at radius 2 is 2.05 bits per heavy atom. The maximum atomic E-state index is 11.8. The quantitative estimate of drug-likeness (QED) is 0.884. The van der Waals surface area contributed by atoms with Crippen molar-refractivity contribution in [1.29, 1.82) is 0 Å². The fourth-order valence-electron chi connectivity index (χ4n) is 2.44. The Morgan fingerprint density at radius 3 is 2.79 bits per heavy atom. The van der Waals surface area contributed by atoms with Crippen molar-refractivity contribution < 1.29 is 9.53 Å². The van der Waals surface area contributed by atoms with Crippen LogP contribution in [0, 0.1) is 12.8 Å². The van der Waals surface area contributed by atoms with Crippen molar-refractivity contribution in [1.82, 2.24) is 5.32 Å². The van der Waals surface area contributed by atoms with Crippen molar-refractivity contribution >= 4 is 5.91 Å². The summed E-state index contributed by atoms with van der Waals surface area (Å²) in [6.45, 7) is 4.57. The molecule has 19 heavy (non-hydrogen) atoms. The van der Waals surface area contributed by atoms with E-state index in [0.29, 0.717) is 12.3 Å². The van der Waals surface area contributed by atoms with Gasteiger partial charge in [0.15, 0.2) is 0 Å². The molecule has 1 amide bonds. The molecule has 1 saturated heterocycles. The molecule has 3 nitrogen and oxygen atoms in total. The van der Waals surface area contributed by atoms with Gasteiger partial charge in [-0.25, -0.2) is 0 Å². The van der Waals surface area contributed by atoms with Gasteiger partial charge in [0, 0.05) is 26.2 Å². The molecule has 1 heterocycles. The molecule has 1 aliphatic rings. The van der Waals surface area contributed by atoms with Gasteiger partial charge in [0.25, 0.3) is 0 Å². The van der Waals surface area contributed by atoms with Crippen molar-refractivity contribution in [3.8, 4) is 0 Å². The zero-order valence-corrected chi connectivity index (χ0v) is 11.7. The van der Waals surface area contributed by atoms with Gasteiger partial charge >= 0.3 is 0 Å². The highest BCUT2D eigenvalue weighted by molar-refractivity contribution is 5.76. The summed E-state index contributed by atoms with van der Waals surface area (Å²) in [5.74, 6) is 0.755. The van der Waals surface area contributed by atoms with Crippen molar-refractivity contribution in [2.45, 2.75) is 32.6 Å². The Kier molecular flexibility index (Phi) is 5.40. The van der Waals surface area contributed by atoms with Gasteiger partial charge in [-0.05, 0) is 43.2 Å². The average molecular weight is 261 g/mol. The number of amides is 1. The number of ether oxygens (including phenoxy) is 1. The molecular formula is C16H23NO2. The Morgan fingerprint density at radius 1 is 1.32 bits per heavy atom. The van der Waals surface area contributed by atoms with Crippen LogP contribution in [0.5, 0.6) is 0 Å². The molecule has 0 saturated carbocycles. The third-order valence-corrected chi connectivity index (χ3v) is 3.81. The molecule has 0 unspecified atom stereocenters. The van der Waals surface area contributed by atoms with Crippen LogP contribution < -0.4 is 5.32 Å². The first-order valence-corrected chi connectivity index (χ1v) is 7.14. The molecule has 0 aliphatic carbocycles. The normalized spacial score (nSPS) is 16.3. The van der Waals surface area contributed by atoms with Crippen LogP contribution in [0.2, 0.25) is 0 Å². The smallest absolute Gasteiger partial charge is 0.220 e. The van der Waals surface area contributed by atoms with Crippen LogP contribution in [0.4, 0.5) is 0 Å². The van der Waals surface area contributed by atoms with Gasteiger partial charge in [0.1, 0.15) is 0 Å². The van der Waals surface area contributed by atoms with E-state index in [1.807, 2.05) is 12.1 Å². The van der Waals surface area contributed by atoms with Crippen molar-refractivity contribution in [2.24, 2.45) is 5.92 Å². The second-order valence-corrected chi connectivity index (χ2v) is 5.29. The molecule has 1 aromatic rings. The fourth-order valence-corrected chi connectivity index (χ4v) is 2.44. The maximum Gasteiger partial charge on any atom is 0.220 e. The maximum absolute atomic E-state index is 11.8. The van der Waals surface area contributed by atoms with Crippen LogP contribution in [0.25, 0.3) is 0 Å². The molecule has 2 rings (SSSR count). The van der Waals surface area contributed by atoms with E-state index < -0.39 is 0 Å². The number of carbonyl (C=O) groups excluding carboxylic acids is 1. The van der Waals surface area contributed by atoms with E-state index in [-0.39, 0.29) is 5.91 Å². The Bertz CT molecular complexity index is 411. The molecule has 1 aromatic carbocycles. The fraction of sp³-hybridized carbons (Fsp3) is 0.562. The average Bonchev–Trinajstić information content (AvgIpc) is 2.45. The van der Waals surface area contributed by atoms with Crippen LogP contribution in [-0.4, -0.2) is 25.7 Å². The number of carbonyl (C=O) groups is 1. The highest BCUT2D eigenvalue weighted by Crippen LogP contribution is 2.13. The zero-order chi connectivity index (χ0) is 13.5. The minimum atomic E-state index is 0.162. The molecule has 0 aromatic heterocycles. The topological polar surface area (TPSA) is 38.3 Å². The number of aryl methyl sites for hydroxylation is 2. The monoisotopic (exact) mass is 261 g/mol. The molecule has 0 radical (unpaired) electrons. The van der Waals surface area contributed by atoms with Crippen LogP contribution in [-0.2, 0) is 16.0 Å². The Labute approximate surface area is 115 Å². The van der Waals surface area contributed by atoms with Crippen LogP contribution in [0.1, 0.15) is 30.4 Å². The SMILES string of the molecule is Cc1ccccc1CCC(=O)NCC1CCOCC1. The van der Waals surface area contributed by atoms with E-state index in [1.54, 1.807) is 0 Å². The first-order chi connectivity index (χ1) is 9.25. The third kappa shape index (κ3) is 4.67. The van der Waals surface area contributed by atoms with Crippen molar-refractivity contribution in [2.75, 3.05) is 19.8 Å². The summed E-state index contributed by atoms with van der Waals surface area (Å²) in [4.78, 5) is 11.8. The lowest BCUT2D eigenvalue weighted by atomic mass is 10.00. The number of hydrogen-bond acceptors (Lipinski definition) is 2. The predicted octanol–water partition coefficient (Wildman–Crippen LogP) is 2.47. The Hall–Kier alpha value is -1.35.